The number of hydrogen-bond acceptors (Lipinski definition) is 6. The van der Waals surface area contributed by atoms with Crippen molar-refractivity contribution in [2.24, 2.45) is 0 Å². The number of methoxy groups -OCH3 is 1. The van der Waals surface area contributed by atoms with E-state index in [4.69, 9.17) is 9.47 Å². The molecule has 0 saturated carbocycles. The Balaban J connectivity index is 1.36. The van der Waals surface area contributed by atoms with Crippen molar-refractivity contribution in [3.63, 3.8) is 0 Å². The third-order valence-electron chi connectivity index (χ3n) is 7.11. The summed E-state index contributed by atoms with van der Waals surface area (Å²) in [5, 5.41) is 12.0. The molecule has 8 heteroatoms. The van der Waals surface area contributed by atoms with E-state index in [1.54, 1.807) is 31.4 Å². The lowest BCUT2D eigenvalue weighted by Crippen LogP contribution is -2.35. The van der Waals surface area contributed by atoms with Crippen molar-refractivity contribution in [3.05, 3.63) is 99.9 Å². The van der Waals surface area contributed by atoms with Crippen molar-refractivity contribution in [2.75, 3.05) is 13.7 Å². The van der Waals surface area contributed by atoms with Gasteiger partial charge >= 0.3 is 5.97 Å². The van der Waals surface area contributed by atoms with Gasteiger partial charge in [-0.25, -0.2) is 4.98 Å². The van der Waals surface area contributed by atoms with Crippen LogP contribution in [0.4, 0.5) is 0 Å². The molecule has 0 saturated heterocycles. The number of amides is 1. The van der Waals surface area contributed by atoms with Crippen LogP contribution in [0.15, 0.2) is 78.2 Å². The van der Waals surface area contributed by atoms with Gasteiger partial charge in [0.15, 0.2) is 0 Å². The molecule has 1 aromatic heterocycles. The molecule has 1 N–H and O–H groups in total. The van der Waals surface area contributed by atoms with Crippen molar-refractivity contribution in [2.45, 2.75) is 58.6 Å². The molecule has 4 rings (SSSR count). The lowest BCUT2D eigenvalue weighted by Gasteiger charge is -2.19. The van der Waals surface area contributed by atoms with Gasteiger partial charge in [-0.2, -0.15) is 0 Å². The Kier molecular flexibility index (Phi) is 11.1. The van der Waals surface area contributed by atoms with Crippen LogP contribution < -0.4 is 9.47 Å². The monoisotopic (exact) mass is 586 g/mol. The van der Waals surface area contributed by atoms with E-state index in [1.807, 2.05) is 29.6 Å². The van der Waals surface area contributed by atoms with Gasteiger partial charge < -0.3 is 19.5 Å². The Morgan fingerprint density at radius 3 is 2.14 bits per heavy atom. The summed E-state index contributed by atoms with van der Waals surface area (Å²) >= 11 is 1.39. The fourth-order valence-corrected chi connectivity index (χ4v) is 5.73. The van der Waals surface area contributed by atoms with E-state index in [2.05, 4.69) is 43.1 Å². The van der Waals surface area contributed by atoms with Gasteiger partial charge in [0, 0.05) is 16.5 Å². The standard InChI is InChI=1S/C34H38N2O5S/c1-4-6-25(7-5-2)26-10-8-24(9-11-26)22-41-30-18-12-27(13-19-30)31-23-42-32(35-31)20-36(21-33(37)38)34(39)28-14-16-29(40-3)17-15-28/h8-19,23,25H,4-7,20-22H2,1-3H3,(H,37,38). The predicted molar refractivity (Wildman–Crippen MR) is 166 cm³/mol. The van der Waals surface area contributed by atoms with Crippen molar-refractivity contribution < 1.29 is 24.2 Å². The molecule has 0 radical (unpaired) electrons. The highest BCUT2D eigenvalue weighted by Gasteiger charge is 2.21. The summed E-state index contributed by atoms with van der Waals surface area (Å²) < 4.78 is 11.2. The van der Waals surface area contributed by atoms with E-state index >= 15 is 0 Å². The molecule has 4 aromatic rings. The van der Waals surface area contributed by atoms with Gasteiger partial charge in [0.25, 0.3) is 5.91 Å². The number of thiazole rings is 1. The molecule has 0 unspecified atom stereocenters. The molecule has 0 atom stereocenters. The van der Waals surface area contributed by atoms with Crippen LogP contribution >= 0.6 is 11.3 Å². The number of carbonyl (C=O) groups is 2. The van der Waals surface area contributed by atoms with E-state index in [0.717, 1.165) is 22.6 Å². The Labute approximate surface area is 251 Å². The average Bonchev–Trinajstić information content (AvgIpc) is 3.48. The highest BCUT2D eigenvalue weighted by molar-refractivity contribution is 7.09. The first-order chi connectivity index (χ1) is 20.4. The quantitative estimate of drug-likeness (QED) is 0.153. The average molecular weight is 587 g/mol. The van der Waals surface area contributed by atoms with Gasteiger partial charge in [-0.05, 0) is 78.4 Å². The maximum atomic E-state index is 13.0. The second kappa shape index (κ2) is 15.2. The second-order valence-corrected chi connectivity index (χ2v) is 11.2. The zero-order chi connectivity index (χ0) is 29.9. The van der Waals surface area contributed by atoms with Crippen LogP contribution in [-0.4, -0.2) is 40.5 Å². The first-order valence-corrected chi connectivity index (χ1v) is 15.2. The molecule has 42 heavy (non-hydrogen) atoms. The lowest BCUT2D eigenvalue weighted by atomic mass is 9.90. The van der Waals surface area contributed by atoms with Gasteiger partial charge in [0.05, 0.1) is 19.3 Å². The van der Waals surface area contributed by atoms with Crippen molar-refractivity contribution in [3.8, 4) is 22.8 Å². The number of carboxylic acid groups (broad SMARTS) is 1. The largest absolute Gasteiger partial charge is 0.497 e. The number of nitrogens with zero attached hydrogens (tertiary/aromatic N) is 2. The molecule has 0 aliphatic rings. The molecule has 0 bridgehead atoms. The zero-order valence-electron chi connectivity index (χ0n) is 24.4. The smallest absolute Gasteiger partial charge is 0.323 e. The number of carbonyl (C=O) groups excluding carboxylic acids is 1. The molecule has 220 valence electrons. The van der Waals surface area contributed by atoms with Crippen molar-refractivity contribution in [1.29, 1.82) is 0 Å². The number of rotatable bonds is 15. The van der Waals surface area contributed by atoms with E-state index in [-0.39, 0.29) is 12.5 Å². The minimum Gasteiger partial charge on any atom is -0.497 e. The Morgan fingerprint density at radius 2 is 1.55 bits per heavy atom. The van der Waals surface area contributed by atoms with Crippen LogP contribution in [0.3, 0.4) is 0 Å². The van der Waals surface area contributed by atoms with Crippen LogP contribution in [0.1, 0.15) is 71.9 Å². The van der Waals surface area contributed by atoms with E-state index in [0.29, 0.717) is 28.8 Å². The summed E-state index contributed by atoms with van der Waals surface area (Å²) in [5.74, 6) is 0.551. The SMILES string of the molecule is CCCC(CCC)c1ccc(COc2ccc(-c3csc(CN(CC(=O)O)C(=O)c4ccc(OC)cc4)n3)cc2)cc1. The zero-order valence-corrected chi connectivity index (χ0v) is 25.2. The van der Waals surface area contributed by atoms with E-state index in [1.165, 1.54) is 47.5 Å². The minimum atomic E-state index is -1.09. The summed E-state index contributed by atoms with van der Waals surface area (Å²) in [4.78, 5) is 30.5. The normalized spacial score (nSPS) is 11.0. The summed E-state index contributed by atoms with van der Waals surface area (Å²) in [6.07, 6.45) is 4.83. The topological polar surface area (TPSA) is 89.0 Å². The molecular formula is C34H38N2O5S. The van der Waals surface area contributed by atoms with Crippen molar-refractivity contribution >= 4 is 23.2 Å². The number of carboxylic acids is 1. The van der Waals surface area contributed by atoms with Gasteiger partial charge in [-0.1, -0.05) is 51.0 Å². The van der Waals surface area contributed by atoms with Crippen molar-refractivity contribution in [1.82, 2.24) is 9.88 Å². The van der Waals surface area contributed by atoms with Gasteiger partial charge in [0.2, 0.25) is 0 Å². The number of aromatic nitrogens is 1. The molecule has 7 nitrogen and oxygen atoms in total. The molecule has 0 spiro atoms. The minimum absolute atomic E-state index is 0.0967. The van der Waals surface area contributed by atoms with Gasteiger partial charge in [-0.15, -0.1) is 11.3 Å². The van der Waals surface area contributed by atoms with Crippen LogP contribution in [0, 0.1) is 0 Å². The Bertz CT molecular complexity index is 1430. The highest BCUT2D eigenvalue weighted by atomic mass is 32.1. The number of hydrogen-bond donors (Lipinski definition) is 1. The first kappa shape index (κ1) is 30.8. The molecular weight excluding hydrogens is 548 g/mol. The van der Waals surface area contributed by atoms with Gasteiger partial charge in [0.1, 0.15) is 29.7 Å². The number of aliphatic carboxylic acids is 1. The molecule has 3 aromatic carbocycles. The third kappa shape index (κ3) is 8.42. The maximum absolute atomic E-state index is 13.0. The summed E-state index contributed by atoms with van der Waals surface area (Å²) in [6.45, 7) is 4.65. The Morgan fingerprint density at radius 1 is 0.905 bits per heavy atom. The maximum Gasteiger partial charge on any atom is 0.323 e. The number of ether oxygens (including phenoxy) is 2. The molecule has 0 aliphatic carbocycles. The lowest BCUT2D eigenvalue weighted by molar-refractivity contribution is -0.137. The Hall–Kier alpha value is -4.17. The fourth-order valence-electron chi connectivity index (χ4n) is 4.91. The first-order valence-electron chi connectivity index (χ1n) is 14.3. The summed E-state index contributed by atoms with van der Waals surface area (Å²) in [6, 6.07) is 23.1. The van der Waals surface area contributed by atoms with Crippen LogP contribution in [-0.2, 0) is 17.9 Å². The van der Waals surface area contributed by atoms with Crippen LogP contribution in [0.25, 0.3) is 11.3 Å². The highest BCUT2D eigenvalue weighted by Crippen LogP contribution is 2.28. The molecule has 1 heterocycles. The predicted octanol–water partition coefficient (Wildman–Crippen LogP) is 7.81. The van der Waals surface area contributed by atoms with Gasteiger partial charge in [-0.3, -0.25) is 9.59 Å². The van der Waals surface area contributed by atoms with E-state index < -0.39 is 12.5 Å². The van der Waals surface area contributed by atoms with E-state index in [9.17, 15) is 14.7 Å². The second-order valence-electron chi connectivity index (χ2n) is 10.2. The summed E-state index contributed by atoms with van der Waals surface area (Å²) in [7, 11) is 1.55. The fraction of sp³-hybridized carbons (Fsp3) is 0.324. The number of benzene rings is 3. The van der Waals surface area contributed by atoms with Crippen LogP contribution in [0.5, 0.6) is 11.5 Å². The molecule has 0 aliphatic heterocycles. The molecule has 0 fully saturated rings. The summed E-state index contributed by atoms with van der Waals surface area (Å²) in [5.41, 5.74) is 4.60. The van der Waals surface area contributed by atoms with Crippen LogP contribution in [0.2, 0.25) is 0 Å². The molecule has 1 amide bonds. The third-order valence-corrected chi connectivity index (χ3v) is 7.94.